The summed E-state index contributed by atoms with van der Waals surface area (Å²) in [5.74, 6) is 1.05. The van der Waals surface area contributed by atoms with Crippen molar-refractivity contribution in [1.29, 1.82) is 0 Å². The van der Waals surface area contributed by atoms with E-state index in [9.17, 15) is 9.59 Å². The lowest BCUT2D eigenvalue weighted by Gasteiger charge is -2.32. The standard InChI is InChI=1S/C24H31N3O2S/c1-18-7-9-21(10-8-18)30-16-11-23(29)27-14-12-26(13-15-27)17-22(28)25-24-19(2)5-4-6-20(24)3/h4-10H,11-17H2,1-3H3,(H,25,28)/p+1. The number of rotatable bonds is 7. The Kier molecular flexibility index (Phi) is 7.94. The number of carbonyl (C=O) groups is 2. The summed E-state index contributed by atoms with van der Waals surface area (Å²) in [6.45, 7) is 9.62. The fourth-order valence-electron chi connectivity index (χ4n) is 3.72. The second-order valence-electron chi connectivity index (χ2n) is 8.03. The van der Waals surface area contributed by atoms with Gasteiger partial charge in [0, 0.05) is 22.8 Å². The van der Waals surface area contributed by atoms with Crippen molar-refractivity contribution < 1.29 is 14.5 Å². The van der Waals surface area contributed by atoms with Crippen LogP contribution in [0.25, 0.3) is 0 Å². The Morgan fingerprint density at radius 3 is 2.27 bits per heavy atom. The number of para-hydroxylation sites is 1. The molecule has 0 unspecified atom stereocenters. The third-order valence-corrected chi connectivity index (χ3v) is 6.60. The number of hydrogen-bond donors (Lipinski definition) is 2. The van der Waals surface area contributed by atoms with Gasteiger partial charge in [0.25, 0.3) is 5.91 Å². The average Bonchev–Trinajstić information content (AvgIpc) is 2.73. The number of benzene rings is 2. The summed E-state index contributed by atoms with van der Waals surface area (Å²) in [6.07, 6.45) is 0.556. The molecule has 2 N–H and O–H groups in total. The van der Waals surface area contributed by atoms with E-state index in [1.165, 1.54) is 15.4 Å². The topological polar surface area (TPSA) is 53.9 Å². The quantitative estimate of drug-likeness (QED) is 0.669. The zero-order valence-electron chi connectivity index (χ0n) is 18.2. The maximum atomic E-state index is 12.5. The number of carbonyl (C=O) groups excluding carboxylic acids is 2. The van der Waals surface area contributed by atoms with Crippen molar-refractivity contribution >= 4 is 29.3 Å². The van der Waals surface area contributed by atoms with Crippen LogP contribution in [-0.4, -0.2) is 55.2 Å². The maximum Gasteiger partial charge on any atom is 0.279 e. The summed E-state index contributed by atoms with van der Waals surface area (Å²) in [4.78, 5) is 29.4. The monoisotopic (exact) mass is 426 g/mol. The van der Waals surface area contributed by atoms with Crippen LogP contribution in [0.4, 0.5) is 5.69 Å². The molecule has 1 fully saturated rings. The number of hydrogen-bond acceptors (Lipinski definition) is 3. The molecule has 0 radical (unpaired) electrons. The molecule has 5 nitrogen and oxygen atoms in total. The number of aryl methyl sites for hydroxylation is 3. The van der Waals surface area contributed by atoms with Gasteiger partial charge in [0.15, 0.2) is 6.54 Å². The van der Waals surface area contributed by atoms with Gasteiger partial charge in [-0.1, -0.05) is 35.9 Å². The van der Waals surface area contributed by atoms with Crippen molar-refractivity contribution in [2.45, 2.75) is 32.1 Å². The van der Waals surface area contributed by atoms with Gasteiger partial charge in [-0.05, 0) is 44.0 Å². The van der Waals surface area contributed by atoms with E-state index >= 15 is 0 Å². The Bertz CT molecular complexity index is 854. The van der Waals surface area contributed by atoms with Gasteiger partial charge in [-0.15, -0.1) is 11.8 Å². The van der Waals surface area contributed by atoms with Crippen molar-refractivity contribution in [3.8, 4) is 0 Å². The summed E-state index contributed by atoms with van der Waals surface area (Å²) < 4.78 is 0. The van der Waals surface area contributed by atoms with E-state index in [0.29, 0.717) is 13.0 Å². The predicted octanol–water partition coefficient (Wildman–Crippen LogP) is 2.46. The molecule has 2 amide bonds. The Labute approximate surface area is 183 Å². The zero-order valence-corrected chi connectivity index (χ0v) is 19.0. The summed E-state index contributed by atoms with van der Waals surface area (Å²) in [7, 11) is 0. The number of nitrogens with zero attached hydrogens (tertiary/aromatic N) is 1. The van der Waals surface area contributed by atoms with Gasteiger partial charge >= 0.3 is 0 Å². The fraction of sp³-hybridized carbons (Fsp3) is 0.417. The minimum atomic E-state index is 0.0386. The van der Waals surface area contributed by atoms with Crippen LogP contribution in [0.3, 0.4) is 0 Å². The number of piperazine rings is 1. The Hall–Kier alpha value is -2.31. The van der Waals surface area contributed by atoms with Gasteiger partial charge in [-0.25, -0.2) is 0 Å². The molecule has 1 heterocycles. The Morgan fingerprint density at radius 1 is 1.00 bits per heavy atom. The van der Waals surface area contributed by atoms with E-state index < -0.39 is 0 Å². The Balaban J connectivity index is 1.38. The highest BCUT2D eigenvalue weighted by Gasteiger charge is 2.25. The molecule has 0 saturated carbocycles. The molecule has 1 aliphatic heterocycles. The minimum absolute atomic E-state index is 0.0386. The number of quaternary nitrogens is 1. The second kappa shape index (κ2) is 10.6. The van der Waals surface area contributed by atoms with E-state index in [0.717, 1.165) is 48.7 Å². The first-order valence-electron chi connectivity index (χ1n) is 10.6. The molecular weight excluding hydrogens is 394 g/mol. The smallest absolute Gasteiger partial charge is 0.279 e. The van der Waals surface area contributed by atoms with Crippen molar-refractivity contribution in [3.63, 3.8) is 0 Å². The molecule has 1 aliphatic rings. The van der Waals surface area contributed by atoms with Gasteiger partial charge in [0.1, 0.15) is 0 Å². The molecule has 160 valence electrons. The second-order valence-corrected chi connectivity index (χ2v) is 9.20. The molecule has 0 atom stereocenters. The molecule has 0 bridgehead atoms. The van der Waals surface area contributed by atoms with Crippen LogP contribution in [0.2, 0.25) is 0 Å². The van der Waals surface area contributed by atoms with E-state index in [-0.39, 0.29) is 11.8 Å². The highest BCUT2D eigenvalue weighted by Crippen LogP contribution is 2.20. The number of anilines is 1. The molecule has 6 heteroatoms. The summed E-state index contributed by atoms with van der Waals surface area (Å²) in [5.41, 5.74) is 4.33. The molecular formula is C24H32N3O2S+. The number of thioether (sulfide) groups is 1. The van der Waals surface area contributed by atoms with Gasteiger partial charge in [0.2, 0.25) is 5.91 Å². The van der Waals surface area contributed by atoms with Crippen molar-refractivity contribution in [1.82, 2.24) is 4.90 Å². The van der Waals surface area contributed by atoms with Gasteiger partial charge in [-0.2, -0.15) is 0 Å². The van der Waals surface area contributed by atoms with Crippen LogP contribution in [0.5, 0.6) is 0 Å². The summed E-state index contributed by atoms with van der Waals surface area (Å²) in [5, 5.41) is 3.06. The minimum Gasteiger partial charge on any atom is -0.331 e. The molecule has 30 heavy (non-hydrogen) atoms. The third-order valence-electron chi connectivity index (χ3n) is 5.58. The van der Waals surface area contributed by atoms with Gasteiger partial charge < -0.3 is 15.1 Å². The SMILES string of the molecule is Cc1ccc(SCCC(=O)N2CC[NH+](CC(=O)Nc3c(C)cccc3C)CC2)cc1. The molecule has 0 aromatic heterocycles. The fourth-order valence-corrected chi connectivity index (χ4v) is 4.56. The van der Waals surface area contributed by atoms with Crippen molar-refractivity contribution in [3.05, 3.63) is 59.2 Å². The van der Waals surface area contributed by atoms with Crippen LogP contribution in [0, 0.1) is 20.8 Å². The predicted molar refractivity (Wildman–Crippen MR) is 123 cm³/mol. The average molecular weight is 427 g/mol. The summed E-state index contributed by atoms with van der Waals surface area (Å²) in [6, 6.07) is 14.4. The van der Waals surface area contributed by atoms with E-state index in [4.69, 9.17) is 0 Å². The molecule has 0 spiro atoms. The van der Waals surface area contributed by atoms with Crippen LogP contribution >= 0.6 is 11.8 Å². The first kappa shape index (κ1) is 22.4. The molecule has 0 aliphatic carbocycles. The third kappa shape index (κ3) is 6.34. The van der Waals surface area contributed by atoms with Crippen LogP contribution in [-0.2, 0) is 9.59 Å². The van der Waals surface area contributed by atoms with Crippen LogP contribution in [0.1, 0.15) is 23.1 Å². The Morgan fingerprint density at radius 2 is 1.63 bits per heavy atom. The van der Waals surface area contributed by atoms with Crippen molar-refractivity contribution in [2.24, 2.45) is 0 Å². The van der Waals surface area contributed by atoms with Crippen LogP contribution < -0.4 is 10.2 Å². The molecule has 2 aromatic carbocycles. The highest BCUT2D eigenvalue weighted by atomic mass is 32.2. The lowest BCUT2D eigenvalue weighted by Crippen LogP contribution is -3.15. The van der Waals surface area contributed by atoms with E-state index in [1.807, 2.05) is 36.9 Å². The largest absolute Gasteiger partial charge is 0.331 e. The van der Waals surface area contributed by atoms with E-state index in [2.05, 4.69) is 36.5 Å². The zero-order chi connectivity index (χ0) is 21.5. The number of amides is 2. The highest BCUT2D eigenvalue weighted by molar-refractivity contribution is 7.99. The normalized spacial score (nSPS) is 14.6. The van der Waals surface area contributed by atoms with E-state index in [1.54, 1.807) is 11.8 Å². The van der Waals surface area contributed by atoms with Gasteiger partial charge in [-0.3, -0.25) is 9.59 Å². The molecule has 3 rings (SSSR count). The summed E-state index contributed by atoms with van der Waals surface area (Å²) >= 11 is 1.73. The number of nitrogens with one attached hydrogen (secondary N) is 2. The maximum absolute atomic E-state index is 12.5. The van der Waals surface area contributed by atoms with Gasteiger partial charge in [0.05, 0.1) is 26.2 Å². The van der Waals surface area contributed by atoms with Crippen LogP contribution in [0.15, 0.2) is 47.4 Å². The lowest BCUT2D eigenvalue weighted by molar-refractivity contribution is -0.895. The van der Waals surface area contributed by atoms with Crippen molar-refractivity contribution in [2.75, 3.05) is 43.8 Å². The molecule has 2 aromatic rings. The lowest BCUT2D eigenvalue weighted by atomic mass is 10.1. The first-order valence-corrected chi connectivity index (χ1v) is 11.6. The first-order chi connectivity index (χ1) is 14.4. The molecule has 1 saturated heterocycles.